The molecule has 0 radical (unpaired) electrons. The Bertz CT molecular complexity index is 139. The van der Waals surface area contributed by atoms with Crippen LogP contribution in [-0.4, -0.2) is 26.6 Å². The van der Waals surface area contributed by atoms with Gasteiger partial charge >= 0.3 is 0 Å². The van der Waals surface area contributed by atoms with Gasteiger partial charge in [0.1, 0.15) is 0 Å². The van der Waals surface area contributed by atoms with Crippen molar-refractivity contribution in [2.24, 2.45) is 5.11 Å². The molecule has 5 heteroatoms. The molecule has 0 aliphatic carbocycles. The van der Waals surface area contributed by atoms with Crippen molar-refractivity contribution in [3.05, 3.63) is 10.4 Å². The van der Waals surface area contributed by atoms with Crippen LogP contribution in [-0.2, 0) is 9.47 Å². The van der Waals surface area contributed by atoms with E-state index in [1.54, 1.807) is 6.92 Å². The molecule has 10 heavy (non-hydrogen) atoms. The van der Waals surface area contributed by atoms with Crippen molar-refractivity contribution < 1.29 is 13.8 Å². The maximum Gasteiger partial charge on any atom is 0.164 e. The molecule has 0 aliphatic rings. The van der Waals surface area contributed by atoms with Gasteiger partial charge in [0.05, 0.1) is 6.04 Å². The Hall–Kier alpha value is -0.770. The molecule has 0 amide bonds. The highest BCUT2D eigenvalue weighted by molar-refractivity contribution is 4.63. The summed E-state index contributed by atoms with van der Waals surface area (Å²) in [4.78, 5) is 2.62. The van der Waals surface area contributed by atoms with Gasteiger partial charge in [-0.05, 0) is 5.53 Å². The average Bonchev–Trinajstić information content (AvgIpc) is 1.91. The van der Waals surface area contributed by atoms with E-state index in [0.29, 0.717) is 0 Å². The lowest BCUT2D eigenvalue weighted by atomic mass is 10.3. The average molecular weight is 151 g/mol. The molecule has 0 N–H and O–H groups in total. The molecule has 0 heterocycles. The van der Waals surface area contributed by atoms with E-state index in [2.05, 4.69) is 10.0 Å². The predicted molar refractivity (Wildman–Crippen MR) is 42.8 cm³/mol. The summed E-state index contributed by atoms with van der Waals surface area (Å²) in [5.74, 6) is 0. The van der Waals surface area contributed by atoms with Gasteiger partial charge in [-0.3, -0.25) is 0 Å². The van der Waals surface area contributed by atoms with Crippen molar-refractivity contribution in [3.63, 3.8) is 0 Å². The molecule has 1 atom stereocenters. The number of azide groups is 1. The molecule has 0 aromatic carbocycles. The Morgan fingerprint density at radius 1 is 1.50 bits per heavy atom. The zero-order valence-electron chi connectivity index (χ0n) is 6.31. The van der Waals surface area contributed by atoms with Crippen LogP contribution in [0, 0.1) is 0 Å². The van der Waals surface area contributed by atoms with Gasteiger partial charge in [0.15, 0.2) is 6.29 Å². The van der Waals surface area contributed by atoms with Gasteiger partial charge < -0.3 is 9.47 Å². The smallest absolute Gasteiger partial charge is 0.164 e. The molecule has 0 spiro atoms. The van der Waals surface area contributed by atoms with Crippen molar-refractivity contribution >= 4 is 0 Å². The number of hydrogen-bond donors (Lipinski definition) is 0. The molecule has 0 aliphatic heterocycles. The summed E-state index contributed by atoms with van der Waals surface area (Å²) in [7, 11) is 3.00. The lowest BCUT2D eigenvalue weighted by Crippen LogP contribution is -2.24. The van der Waals surface area contributed by atoms with Crippen molar-refractivity contribution in [1.82, 2.24) is 0 Å². The van der Waals surface area contributed by atoms with Crippen molar-refractivity contribution in [1.29, 1.82) is 0 Å². The third-order valence-electron chi connectivity index (χ3n) is 1.09. The van der Waals surface area contributed by atoms with Crippen molar-refractivity contribution in [3.8, 4) is 0 Å². The highest BCUT2D eigenvalue weighted by atomic mass is 16.7. The molecule has 0 aromatic heterocycles. The topological polar surface area (TPSA) is 67.2 Å². The Morgan fingerprint density at radius 3 is 2.30 bits per heavy atom. The van der Waals surface area contributed by atoms with Gasteiger partial charge in [-0.15, -0.1) is 0 Å². The molecule has 1 unspecified atom stereocenters. The maximum absolute atomic E-state index is 8.02. The summed E-state index contributed by atoms with van der Waals surface area (Å²) in [6.07, 6.45) is -0.448. The molecular weight excluding hydrogens is 134 g/mol. The third kappa shape index (κ3) is 2.68. The second-order valence-corrected chi connectivity index (χ2v) is 1.79. The molecule has 64 valence electrons. The zero-order valence-corrected chi connectivity index (χ0v) is 6.31. The molecule has 5 nitrogen and oxygen atoms in total. The first-order valence-electron chi connectivity index (χ1n) is 2.86. The van der Waals surface area contributed by atoms with Crippen LogP contribution in [0.4, 0.5) is 0 Å². The first kappa shape index (κ1) is 9.23. The molecule has 0 aromatic rings. The van der Waals surface area contributed by atoms with E-state index >= 15 is 0 Å². The van der Waals surface area contributed by atoms with Gasteiger partial charge in [-0.1, -0.05) is 12.0 Å². The first-order chi connectivity index (χ1) is 4.76. The SMILES string of the molecule is COC(OC)C(C)N=[N+]=[N-].[HH].[HH].[HH]. The van der Waals surface area contributed by atoms with E-state index in [0.717, 1.165) is 0 Å². The molecule has 0 saturated heterocycles. The van der Waals surface area contributed by atoms with Crippen molar-refractivity contribution in [2.75, 3.05) is 14.2 Å². The second kappa shape index (κ2) is 5.05. The van der Waals surface area contributed by atoms with E-state index in [4.69, 9.17) is 15.0 Å². The number of rotatable bonds is 4. The number of nitrogens with zero attached hydrogens (tertiary/aromatic N) is 3. The fourth-order valence-corrected chi connectivity index (χ4v) is 0.626. The van der Waals surface area contributed by atoms with Crippen molar-refractivity contribution in [2.45, 2.75) is 19.3 Å². The van der Waals surface area contributed by atoms with Crippen LogP contribution in [0.25, 0.3) is 10.4 Å². The summed E-state index contributed by atoms with van der Waals surface area (Å²) in [6, 6.07) is -0.292. The van der Waals surface area contributed by atoms with E-state index < -0.39 is 6.29 Å². The monoisotopic (exact) mass is 151 g/mol. The first-order valence-corrected chi connectivity index (χ1v) is 2.86. The van der Waals surface area contributed by atoms with Crippen LogP contribution >= 0.6 is 0 Å². The minimum Gasteiger partial charge on any atom is -0.355 e. The fraction of sp³-hybridized carbons (Fsp3) is 1.00. The predicted octanol–water partition coefficient (Wildman–Crippen LogP) is 2.04. The molecular formula is C5H17N3O2. The van der Waals surface area contributed by atoms with Gasteiger partial charge in [-0.25, -0.2) is 0 Å². The maximum atomic E-state index is 8.02. The summed E-state index contributed by atoms with van der Waals surface area (Å²) >= 11 is 0. The van der Waals surface area contributed by atoms with Crippen LogP contribution in [0.1, 0.15) is 11.2 Å². The van der Waals surface area contributed by atoms with Crippen LogP contribution in [0.5, 0.6) is 0 Å². The minimum atomic E-state index is -0.448. The number of methoxy groups -OCH3 is 2. The quantitative estimate of drug-likeness (QED) is 0.267. The number of hydrogen-bond acceptors (Lipinski definition) is 3. The van der Waals surface area contributed by atoms with Crippen LogP contribution in [0.3, 0.4) is 0 Å². The molecule has 0 saturated carbocycles. The van der Waals surface area contributed by atoms with Gasteiger partial charge in [0, 0.05) is 23.4 Å². The highest BCUT2D eigenvalue weighted by Crippen LogP contribution is 2.02. The molecule has 0 bridgehead atoms. The third-order valence-corrected chi connectivity index (χ3v) is 1.09. The summed E-state index contributed by atoms with van der Waals surface area (Å²) in [5, 5.41) is 3.40. The lowest BCUT2D eigenvalue weighted by Gasteiger charge is -2.15. The summed E-state index contributed by atoms with van der Waals surface area (Å²) < 4.78 is 9.65. The number of ether oxygens (including phenoxy) is 2. The molecule has 0 fully saturated rings. The van der Waals surface area contributed by atoms with Crippen LogP contribution in [0.2, 0.25) is 0 Å². The van der Waals surface area contributed by atoms with E-state index in [1.807, 2.05) is 0 Å². The van der Waals surface area contributed by atoms with Gasteiger partial charge in [0.2, 0.25) is 0 Å². The Kier molecular flexibility index (Phi) is 4.66. The van der Waals surface area contributed by atoms with E-state index in [9.17, 15) is 0 Å². The van der Waals surface area contributed by atoms with Gasteiger partial charge in [-0.2, -0.15) is 0 Å². The summed E-state index contributed by atoms with van der Waals surface area (Å²) in [5.41, 5.74) is 8.02. The van der Waals surface area contributed by atoms with Crippen LogP contribution < -0.4 is 0 Å². The Morgan fingerprint density at radius 2 is 2.00 bits per heavy atom. The second-order valence-electron chi connectivity index (χ2n) is 1.79. The zero-order chi connectivity index (χ0) is 7.98. The fourth-order valence-electron chi connectivity index (χ4n) is 0.626. The Labute approximate surface area is 64.0 Å². The lowest BCUT2D eigenvalue weighted by molar-refractivity contribution is -0.112. The van der Waals surface area contributed by atoms with Crippen LogP contribution in [0.15, 0.2) is 5.11 Å². The normalized spacial score (nSPS) is 12.8. The minimum absolute atomic E-state index is 0. The summed E-state index contributed by atoms with van der Waals surface area (Å²) in [6.45, 7) is 1.72. The highest BCUT2D eigenvalue weighted by Gasteiger charge is 2.12. The van der Waals surface area contributed by atoms with Gasteiger partial charge in [0.25, 0.3) is 0 Å². The largest absolute Gasteiger partial charge is 0.355 e. The van der Waals surface area contributed by atoms with E-state index in [-0.39, 0.29) is 10.3 Å². The Balaban J connectivity index is -0.000000135. The molecule has 0 rings (SSSR count). The van der Waals surface area contributed by atoms with E-state index in [1.165, 1.54) is 14.2 Å². The standard InChI is InChI=1S/C5H11N3O2.3H2/c1-4(7-8-6)5(9-2)10-3;;;/h4-5H,1-3H3;3*1H.